The van der Waals surface area contributed by atoms with Gasteiger partial charge in [0.1, 0.15) is 12.1 Å². The van der Waals surface area contributed by atoms with E-state index < -0.39 is 23.8 Å². The number of carbonyl (C=O) groups excluding carboxylic acids is 3. The van der Waals surface area contributed by atoms with E-state index in [2.05, 4.69) is 5.32 Å². The van der Waals surface area contributed by atoms with Gasteiger partial charge in [0.2, 0.25) is 11.8 Å². The van der Waals surface area contributed by atoms with Crippen LogP contribution in [0.15, 0.2) is 48.5 Å². The highest BCUT2D eigenvalue weighted by Gasteiger charge is 2.42. The molecule has 0 aromatic heterocycles. The van der Waals surface area contributed by atoms with Crippen molar-refractivity contribution in [1.29, 1.82) is 0 Å². The second kappa shape index (κ2) is 10.0. The molecule has 1 N–H and O–H groups in total. The summed E-state index contributed by atoms with van der Waals surface area (Å²) >= 11 is 0. The van der Waals surface area contributed by atoms with Crippen LogP contribution in [0.5, 0.6) is 5.75 Å². The van der Waals surface area contributed by atoms with Crippen molar-refractivity contribution in [1.82, 2.24) is 15.1 Å². The zero-order chi connectivity index (χ0) is 23.4. The third-order valence-corrected chi connectivity index (χ3v) is 6.35. The minimum atomic E-state index is -0.648. The summed E-state index contributed by atoms with van der Waals surface area (Å²) < 4.78 is 19.0. The zero-order valence-corrected chi connectivity index (χ0v) is 18.6. The van der Waals surface area contributed by atoms with Crippen molar-refractivity contribution >= 4 is 17.7 Å². The first-order chi connectivity index (χ1) is 16.0. The van der Waals surface area contributed by atoms with Crippen LogP contribution in [0.25, 0.3) is 0 Å². The molecule has 3 amide bonds. The summed E-state index contributed by atoms with van der Waals surface area (Å²) in [5, 5.41) is 2.93. The van der Waals surface area contributed by atoms with Gasteiger partial charge in [-0.25, -0.2) is 4.39 Å². The van der Waals surface area contributed by atoms with Crippen molar-refractivity contribution in [3.63, 3.8) is 0 Å². The van der Waals surface area contributed by atoms with Gasteiger partial charge in [-0.05, 0) is 49.4 Å². The van der Waals surface area contributed by atoms with Crippen LogP contribution >= 0.6 is 0 Å². The molecule has 0 radical (unpaired) electrons. The SMILES string of the molecule is COc1ccc(C(=O)N2CCC[C@@H]2C(=O)N2CCC[C@@H]2C(=O)NCc2ccccc2)cc1F. The molecule has 0 saturated carbocycles. The maximum atomic E-state index is 14.1. The van der Waals surface area contributed by atoms with E-state index >= 15 is 0 Å². The number of likely N-dealkylation sites (tertiary alicyclic amines) is 2. The Balaban J connectivity index is 1.43. The lowest BCUT2D eigenvalue weighted by Gasteiger charge is -2.31. The molecule has 7 nitrogen and oxygen atoms in total. The number of carbonyl (C=O) groups is 3. The van der Waals surface area contributed by atoms with Crippen molar-refractivity contribution in [2.75, 3.05) is 20.2 Å². The Hall–Kier alpha value is -3.42. The van der Waals surface area contributed by atoms with E-state index in [1.807, 2.05) is 30.3 Å². The third-order valence-electron chi connectivity index (χ3n) is 6.35. The van der Waals surface area contributed by atoms with Crippen molar-refractivity contribution in [3.05, 3.63) is 65.5 Å². The fourth-order valence-corrected chi connectivity index (χ4v) is 4.63. The number of methoxy groups -OCH3 is 1. The van der Waals surface area contributed by atoms with Gasteiger partial charge >= 0.3 is 0 Å². The minimum Gasteiger partial charge on any atom is -0.494 e. The first-order valence-corrected chi connectivity index (χ1v) is 11.3. The summed E-state index contributed by atoms with van der Waals surface area (Å²) in [6.45, 7) is 1.30. The molecule has 33 heavy (non-hydrogen) atoms. The molecule has 0 bridgehead atoms. The molecular weight excluding hydrogens is 425 g/mol. The molecular formula is C25H28FN3O4. The average Bonchev–Trinajstić information content (AvgIpc) is 3.52. The Labute approximate surface area is 192 Å². The van der Waals surface area contributed by atoms with Crippen LogP contribution in [-0.2, 0) is 16.1 Å². The van der Waals surface area contributed by atoms with E-state index in [9.17, 15) is 18.8 Å². The number of rotatable bonds is 6. The Morgan fingerprint density at radius 3 is 2.39 bits per heavy atom. The molecule has 2 aliphatic rings. The van der Waals surface area contributed by atoms with Crippen LogP contribution in [0.4, 0.5) is 4.39 Å². The minimum absolute atomic E-state index is 0.0574. The molecule has 2 aromatic rings. The van der Waals surface area contributed by atoms with Gasteiger partial charge < -0.3 is 19.9 Å². The van der Waals surface area contributed by atoms with Gasteiger partial charge in [0.05, 0.1) is 7.11 Å². The van der Waals surface area contributed by atoms with Gasteiger partial charge in [0.25, 0.3) is 5.91 Å². The Morgan fingerprint density at radius 2 is 1.70 bits per heavy atom. The second-order valence-electron chi connectivity index (χ2n) is 8.40. The Bertz CT molecular complexity index is 1030. The molecule has 2 saturated heterocycles. The van der Waals surface area contributed by atoms with E-state index in [1.54, 1.807) is 4.90 Å². The number of halogens is 1. The molecule has 8 heteroatoms. The largest absolute Gasteiger partial charge is 0.494 e. The Morgan fingerprint density at radius 1 is 1.00 bits per heavy atom. The van der Waals surface area contributed by atoms with Gasteiger partial charge in [-0.2, -0.15) is 0 Å². The molecule has 2 atom stereocenters. The van der Waals surface area contributed by atoms with Gasteiger partial charge in [-0.1, -0.05) is 30.3 Å². The third kappa shape index (κ3) is 4.84. The van der Waals surface area contributed by atoms with E-state index in [1.165, 1.54) is 24.1 Å². The summed E-state index contributed by atoms with van der Waals surface area (Å²) in [7, 11) is 1.36. The zero-order valence-electron chi connectivity index (χ0n) is 18.6. The standard InChI is InChI=1S/C25H28FN3O4/c1-33-22-12-11-18(15-19(22)26)24(31)29-14-6-10-21(29)25(32)28-13-5-9-20(28)23(30)27-16-17-7-3-2-4-8-17/h2-4,7-8,11-12,15,20-21H,5-6,9-10,13-14,16H2,1H3,(H,27,30)/t20-,21-/m1/s1. The smallest absolute Gasteiger partial charge is 0.254 e. The van der Waals surface area contributed by atoms with E-state index in [0.29, 0.717) is 38.9 Å². The van der Waals surface area contributed by atoms with E-state index in [0.717, 1.165) is 18.1 Å². The molecule has 0 unspecified atom stereocenters. The van der Waals surface area contributed by atoms with Crippen LogP contribution in [-0.4, -0.2) is 59.8 Å². The molecule has 2 heterocycles. The predicted octanol–water partition coefficient (Wildman–Crippen LogP) is 2.75. The molecule has 0 aliphatic carbocycles. The number of hydrogen-bond donors (Lipinski definition) is 1. The van der Waals surface area contributed by atoms with Gasteiger partial charge in [0.15, 0.2) is 11.6 Å². The van der Waals surface area contributed by atoms with Gasteiger partial charge in [-0.15, -0.1) is 0 Å². The molecule has 2 aliphatic heterocycles. The van der Waals surface area contributed by atoms with Crippen LogP contribution < -0.4 is 10.1 Å². The van der Waals surface area contributed by atoms with E-state index in [-0.39, 0.29) is 23.1 Å². The van der Waals surface area contributed by atoms with Crippen LogP contribution in [0.2, 0.25) is 0 Å². The predicted molar refractivity (Wildman–Crippen MR) is 120 cm³/mol. The van der Waals surface area contributed by atoms with Crippen LogP contribution in [0.1, 0.15) is 41.6 Å². The normalized spacial score (nSPS) is 20.1. The quantitative estimate of drug-likeness (QED) is 0.730. The molecule has 4 rings (SSSR count). The highest BCUT2D eigenvalue weighted by Crippen LogP contribution is 2.27. The fourth-order valence-electron chi connectivity index (χ4n) is 4.63. The van der Waals surface area contributed by atoms with Crippen LogP contribution in [0.3, 0.4) is 0 Å². The highest BCUT2D eigenvalue weighted by atomic mass is 19.1. The Kier molecular flexibility index (Phi) is 6.91. The number of nitrogens with one attached hydrogen (secondary N) is 1. The number of hydrogen-bond acceptors (Lipinski definition) is 4. The summed E-state index contributed by atoms with van der Waals surface area (Å²) in [6, 6.07) is 12.4. The summed E-state index contributed by atoms with van der Waals surface area (Å²) in [4.78, 5) is 42.4. The first-order valence-electron chi connectivity index (χ1n) is 11.3. The highest BCUT2D eigenvalue weighted by molar-refractivity contribution is 5.99. The maximum Gasteiger partial charge on any atom is 0.254 e. The van der Waals surface area contributed by atoms with Gasteiger partial charge in [0, 0.05) is 25.2 Å². The van der Waals surface area contributed by atoms with Crippen molar-refractivity contribution in [3.8, 4) is 5.75 Å². The van der Waals surface area contributed by atoms with Crippen molar-refractivity contribution < 1.29 is 23.5 Å². The van der Waals surface area contributed by atoms with E-state index in [4.69, 9.17) is 4.74 Å². The molecule has 2 aromatic carbocycles. The van der Waals surface area contributed by atoms with Crippen molar-refractivity contribution in [2.24, 2.45) is 0 Å². The summed E-state index contributed by atoms with van der Waals surface area (Å²) in [6.07, 6.45) is 2.54. The summed E-state index contributed by atoms with van der Waals surface area (Å²) in [5.41, 5.74) is 1.16. The number of ether oxygens (including phenoxy) is 1. The lowest BCUT2D eigenvalue weighted by molar-refractivity contribution is -0.141. The lowest BCUT2D eigenvalue weighted by Crippen LogP contribution is -2.52. The average molecular weight is 454 g/mol. The summed E-state index contributed by atoms with van der Waals surface area (Å²) in [5.74, 6) is -1.36. The number of amides is 3. The molecule has 174 valence electrons. The first kappa shape index (κ1) is 22.8. The van der Waals surface area contributed by atoms with Crippen molar-refractivity contribution in [2.45, 2.75) is 44.3 Å². The number of nitrogens with zero attached hydrogens (tertiary/aromatic N) is 2. The second-order valence-corrected chi connectivity index (χ2v) is 8.40. The molecule has 2 fully saturated rings. The van der Waals surface area contributed by atoms with Crippen LogP contribution in [0, 0.1) is 5.82 Å². The number of benzene rings is 2. The maximum absolute atomic E-state index is 14.1. The van der Waals surface area contributed by atoms with Gasteiger partial charge in [-0.3, -0.25) is 14.4 Å². The lowest BCUT2D eigenvalue weighted by atomic mass is 10.1. The molecule has 0 spiro atoms. The monoisotopic (exact) mass is 453 g/mol. The topological polar surface area (TPSA) is 79.0 Å². The fraction of sp³-hybridized carbons (Fsp3) is 0.400.